The van der Waals surface area contributed by atoms with Crippen LogP contribution in [0.2, 0.25) is 0 Å². The van der Waals surface area contributed by atoms with Crippen molar-refractivity contribution in [2.45, 2.75) is 44.6 Å². The van der Waals surface area contributed by atoms with E-state index in [1.54, 1.807) is 17.3 Å². The highest BCUT2D eigenvalue weighted by molar-refractivity contribution is 5.99. The van der Waals surface area contributed by atoms with Crippen LogP contribution in [0.3, 0.4) is 0 Å². The van der Waals surface area contributed by atoms with E-state index in [0.717, 1.165) is 29.2 Å². The number of rotatable bonds is 7. The van der Waals surface area contributed by atoms with E-state index in [-0.39, 0.29) is 0 Å². The molecular formula is C25H27N5O. The zero-order chi connectivity index (χ0) is 20.9. The molecule has 1 aliphatic rings. The molecule has 0 saturated heterocycles. The Hall–Kier alpha value is -3.41. The van der Waals surface area contributed by atoms with Crippen molar-refractivity contribution < 1.29 is 4.74 Å². The molecule has 158 valence electrons. The summed E-state index contributed by atoms with van der Waals surface area (Å²) in [6.45, 7) is 1.38. The van der Waals surface area contributed by atoms with Crippen LogP contribution in [-0.2, 0) is 6.54 Å². The van der Waals surface area contributed by atoms with Crippen LogP contribution in [0.1, 0.15) is 49.1 Å². The number of para-hydroxylation sites is 1. The lowest BCUT2D eigenvalue weighted by Crippen LogP contribution is -2.08. The Morgan fingerprint density at radius 1 is 0.968 bits per heavy atom. The number of aromatic nitrogens is 4. The van der Waals surface area contributed by atoms with Gasteiger partial charge in [0.2, 0.25) is 0 Å². The van der Waals surface area contributed by atoms with Crippen molar-refractivity contribution in [1.82, 2.24) is 19.4 Å². The standard InChI is InChI=1S/C25H27N5O/c1-2-6-20(7-3-1)21-10-12-23(13-11-21)31-15-14-29-17-22(16-28-30-18-26-27-19-30)24-8-4-5-9-25(24)29/h4-5,8-13,16-20H,1-3,6-7,14-15H2. The summed E-state index contributed by atoms with van der Waals surface area (Å²) in [7, 11) is 0. The van der Waals surface area contributed by atoms with E-state index in [1.807, 2.05) is 12.3 Å². The van der Waals surface area contributed by atoms with E-state index in [4.69, 9.17) is 4.74 Å². The van der Waals surface area contributed by atoms with Gasteiger partial charge in [0.1, 0.15) is 25.0 Å². The van der Waals surface area contributed by atoms with Crippen molar-refractivity contribution in [2.24, 2.45) is 5.10 Å². The first kappa shape index (κ1) is 19.5. The normalized spacial score (nSPS) is 15.1. The van der Waals surface area contributed by atoms with Gasteiger partial charge in [0.15, 0.2) is 0 Å². The van der Waals surface area contributed by atoms with Gasteiger partial charge >= 0.3 is 0 Å². The van der Waals surface area contributed by atoms with Crippen molar-refractivity contribution in [3.8, 4) is 5.75 Å². The third-order valence-electron chi connectivity index (χ3n) is 6.11. The van der Waals surface area contributed by atoms with Crippen LogP contribution < -0.4 is 4.74 Å². The van der Waals surface area contributed by atoms with Crippen LogP contribution in [0.4, 0.5) is 0 Å². The van der Waals surface area contributed by atoms with Crippen LogP contribution in [0, 0.1) is 0 Å². The fraction of sp³-hybridized carbons (Fsp3) is 0.320. The Bertz CT molecular complexity index is 1140. The molecule has 0 aliphatic heterocycles. The molecule has 0 bridgehead atoms. The molecule has 5 rings (SSSR count). The summed E-state index contributed by atoms with van der Waals surface area (Å²) in [5, 5.41) is 13.1. The first-order valence-corrected chi connectivity index (χ1v) is 11.1. The molecule has 0 spiro atoms. The lowest BCUT2D eigenvalue weighted by atomic mass is 9.84. The minimum atomic E-state index is 0.615. The average molecular weight is 414 g/mol. The number of ether oxygens (including phenoxy) is 1. The summed E-state index contributed by atoms with van der Waals surface area (Å²) in [5.74, 6) is 1.66. The maximum atomic E-state index is 6.05. The molecule has 0 N–H and O–H groups in total. The maximum absolute atomic E-state index is 6.05. The highest BCUT2D eigenvalue weighted by Gasteiger charge is 2.15. The Balaban J connectivity index is 1.24. The molecule has 6 heteroatoms. The van der Waals surface area contributed by atoms with Gasteiger partial charge in [-0.2, -0.15) is 5.10 Å². The molecule has 2 aromatic carbocycles. The van der Waals surface area contributed by atoms with Crippen molar-refractivity contribution in [3.63, 3.8) is 0 Å². The minimum absolute atomic E-state index is 0.615. The molecule has 0 unspecified atom stereocenters. The summed E-state index contributed by atoms with van der Waals surface area (Å²) in [5.41, 5.74) is 3.69. The molecule has 31 heavy (non-hydrogen) atoms. The van der Waals surface area contributed by atoms with Gasteiger partial charge in [-0.15, -0.1) is 10.2 Å². The fourth-order valence-corrected chi connectivity index (χ4v) is 4.48. The maximum Gasteiger partial charge on any atom is 0.141 e. The Morgan fingerprint density at radius 2 is 1.74 bits per heavy atom. The highest BCUT2D eigenvalue weighted by Crippen LogP contribution is 2.33. The first-order chi connectivity index (χ1) is 15.4. The molecule has 1 saturated carbocycles. The monoisotopic (exact) mass is 413 g/mol. The van der Waals surface area contributed by atoms with Crippen LogP contribution >= 0.6 is 0 Å². The van der Waals surface area contributed by atoms with Crippen molar-refractivity contribution in [1.29, 1.82) is 0 Å². The molecule has 2 heterocycles. The highest BCUT2D eigenvalue weighted by atomic mass is 16.5. The Morgan fingerprint density at radius 3 is 2.55 bits per heavy atom. The summed E-state index contributed by atoms with van der Waals surface area (Å²) in [4.78, 5) is 0. The molecule has 0 amide bonds. The zero-order valence-electron chi connectivity index (χ0n) is 17.6. The number of fused-ring (bicyclic) bond motifs is 1. The van der Waals surface area contributed by atoms with E-state index >= 15 is 0 Å². The van der Waals surface area contributed by atoms with E-state index in [0.29, 0.717) is 6.61 Å². The van der Waals surface area contributed by atoms with E-state index in [2.05, 4.69) is 68.5 Å². The summed E-state index contributed by atoms with van der Waals surface area (Å²) < 4.78 is 9.87. The van der Waals surface area contributed by atoms with Gasteiger partial charge in [-0.05, 0) is 42.5 Å². The minimum Gasteiger partial charge on any atom is -0.492 e. The second-order valence-electron chi connectivity index (χ2n) is 8.13. The molecule has 2 aromatic heterocycles. The van der Waals surface area contributed by atoms with E-state index in [9.17, 15) is 0 Å². The lowest BCUT2D eigenvalue weighted by molar-refractivity contribution is 0.300. The number of benzene rings is 2. The fourth-order valence-electron chi connectivity index (χ4n) is 4.48. The smallest absolute Gasteiger partial charge is 0.141 e. The molecule has 1 aliphatic carbocycles. The average Bonchev–Trinajstić information content (AvgIpc) is 3.47. The SMILES string of the molecule is C(=Nn1cnnc1)c1cn(CCOc2ccc(C3CCCCC3)cc2)c2ccccc12. The second kappa shape index (κ2) is 9.16. The van der Waals surface area contributed by atoms with Crippen LogP contribution in [0.15, 0.2) is 72.5 Å². The van der Waals surface area contributed by atoms with Crippen LogP contribution in [-0.4, -0.2) is 32.3 Å². The van der Waals surface area contributed by atoms with Crippen molar-refractivity contribution in [2.75, 3.05) is 6.61 Å². The molecule has 0 atom stereocenters. The predicted octanol–water partition coefficient (Wildman–Crippen LogP) is 5.24. The summed E-state index contributed by atoms with van der Waals surface area (Å²) >= 11 is 0. The van der Waals surface area contributed by atoms with Gasteiger partial charge in [-0.25, -0.2) is 4.68 Å². The topological polar surface area (TPSA) is 57.2 Å². The molecule has 0 radical (unpaired) electrons. The third kappa shape index (κ3) is 4.53. The van der Waals surface area contributed by atoms with E-state index < -0.39 is 0 Å². The molecule has 1 fully saturated rings. The van der Waals surface area contributed by atoms with E-state index in [1.165, 1.54) is 43.2 Å². The number of nitrogens with zero attached hydrogens (tertiary/aromatic N) is 5. The molecular weight excluding hydrogens is 386 g/mol. The van der Waals surface area contributed by atoms with Crippen LogP contribution in [0.25, 0.3) is 10.9 Å². The van der Waals surface area contributed by atoms with Gasteiger partial charge in [-0.1, -0.05) is 49.6 Å². The van der Waals surface area contributed by atoms with Gasteiger partial charge < -0.3 is 9.30 Å². The Kier molecular flexibility index (Phi) is 5.78. The molecule has 4 aromatic rings. The Labute approximate surface area is 182 Å². The third-order valence-corrected chi connectivity index (χ3v) is 6.11. The van der Waals surface area contributed by atoms with Gasteiger partial charge in [0, 0.05) is 22.7 Å². The molecule has 6 nitrogen and oxygen atoms in total. The lowest BCUT2D eigenvalue weighted by Gasteiger charge is -2.22. The number of hydrogen-bond donors (Lipinski definition) is 0. The van der Waals surface area contributed by atoms with Gasteiger partial charge in [0.25, 0.3) is 0 Å². The van der Waals surface area contributed by atoms with Gasteiger partial charge in [0.05, 0.1) is 12.8 Å². The predicted molar refractivity (Wildman–Crippen MR) is 123 cm³/mol. The summed E-state index contributed by atoms with van der Waals surface area (Å²) in [6.07, 6.45) is 13.9. The van der Waals surface area contributed by atoms with Gasteiger partial charge in [-0.3, -0.25) is 0 Å². The zero-order valence-corrected chi connectivity index (χ0v) is 17.6. The van der Waals surface area contributed by atoms with Crippen LogP contribution in [0.5, 0.6) is 5.75 Å². The number of hydrogen-bond acceptors (Lipinski definition) is 4. The largest absolute Gasteiger partial charge is 0.492 e. The summed E-state index contributed by atoms with van der Waals surface area (Å²) in [6, 6.07) is 17.1. The van der Waals surface area contributed by atoms with Crippen molar-refractivity contribution >= 4 is 17.1 Å². The quantitative estimate of drug-likeness (QED) is 0.389. The van der Waals surface area contributed by atoms with Crippen molar-refractivity contribution in [3.05, 3.63) is 78.5 Å². The second-order valence-corrected chi connectivity index (χ2v) is 8.13. The first-order valence-electron chi connectivity index (χ1n) is 11.1.